The molecule has 0 bridgehead atoms. The van der Waals surface area contributed by atoms with Crippen molar-refractivity contribution < 1.29 is 18.7 Å². The van der Waals surface area contributed by atoms with E-state index in [2.05, 4.69) is 31.0 Å². The maximum atomic E-state index is 13.9. The van der Waals surface area contributed by atoms with Gasteiger partial charge in [-0.2, -0.15) is 0 Å². The van der Waals surface area contributed by atoms with Gasteiger partial charge in [0.1, 0.15) is 17.3 Å². The molecule has 1 heterocycles. The molecule has 8 heteroatoms. The Hall–Kier alpha value is -2.16. The number of hydrogen-bond donors (Lipinski definition) is 1. The van der Waals surface area contributed by atoms with Gasteiger partial charge in [0.05, 0.1) is 19.9 Å². The molecule has 2 aromatic carbocycles. The number of methoxy groups -OCH3 is 2. The zero-order chi connectivity index (χ0) is 21.5. The van der Waals surface area contributed by atoms with Gasteiger partial charge in [0.15, 0.2) is 0 Å². The molecule has 30 heavy (non-hydrogen) atoms. The van der Waals surface area contributed by atoms with Crippen LogP contribution in [0.5, 0.6) is 11.5 Å². The highest BCUT2D eigenvalue weighted by atomic mass is 79.9. The van der Waals surface area contributed by atoms with Gasteiger partial charge in [-0.25, -0.2) is 4.39 Å². The third kappa shape index (κ3) is 6.17. The summed E-state index contributed by atoms with van der Waals surface area (Å²) in [6.07, 6.45) is 0.333. The second-order valence-electron chi connectivity index (χ2n) is 7.22. The Kier molecular flexibility index (Phi) is 8.07. The second-order valence-corrected chi connectivity index (χ2v) is 8.13. The number of carbonyl (C=O) groups is 1. The summed E-state index contributed by atoms with van der Waals surface area (Å²) in [4.78, 5) is 16.8. The standard InChI is InChI=1S/C22H27BrFN3O3/c1-29-18-4-6-21(30-2)16(13-18)15-27-11-9-26(10-12-27)8-7-22(28)25-20-5-3-17(23)14-19(20)24/h3-6,13-14H,7-12,15H2,1-2H3,(H,25,28). The topological polar surface area (TPSA) is 54.0 Å². The van der Waals surface area contributed by atoms with Crippen LogP contribution in [0.3, 0.4) is 0 Å². The van der Waals surface area contributed by atoms with Crippen molar-refractivity contribution in [3.8, 4) is 11.5 Å². The molecule has 0 aliphatic carbocycles. The maximum absolute atomic E-state index is 13.9. The van der Waals surface area contributed by atoms with Crippen molar-refractivity contribution >= 4 is 27.5 Å². The molecule has 3 rings (SSSR count). The SMILES string of the molecule is COc1ccc(OC)c(CN2CCN(CCC(=O)Nc3ccc(Br)cc3F)CC2)c1. The van der Waals surface area contributed by atoms with Crippen LogP contribution in [0.4, 0.5) is 10.1 Å². The third-order valence-corrected chi connectivity index (χ3v) is 5.70. The fourth-order valence-corrected chi connectivity index (χ4v) is 3.81. The molecule has 0 aromatic heterocycles. The molecule has 0 saturated carbocycles. The Morgan fingerprint density at radius 1 is 1.07 bits per heavy atom. The lowest BCUT2D eigenvalue weighted by atomic mass is 10.1. The van der Waals surface area contributed by atoms with E-state index in [9.17, 15) is 9.18 Å². The van der Waals surface area contributed by atoms with Crippen LogP contribution in [-0.2, 0) is 11.3 Å². The zero-order valence-electron chi connectivity index (χ0n) is 17.3. The van der Waals surface area contributed by atoms with Crippen molar-refractivity contribution in [3.05, 3.63) is 52.3 Å². The summed E-state index contributed by atoms with van der Waals surface area (Å²) < 4.78 is 25.3. The third-order valence-electron chi connectivity index (χ3n) is 5.21. The van der Waals surface area contributed by atoms with Crippen molar-refractivity contribution in [3.63, 3.8) is 0 Å². The van der Waals surface area contributed by atoms with Crippen LogP contribution < -0.4 is 14.8 Å². The molecule has 0 unspecified atom stereocenters. The highest BCUT2D eigenvalue weighted by Crippen LogP contribution is 2.25. The van der Waals surface area contributed by atoms with Gasteiger partial charge in [0.25, 0.3) is 0 Å². The molecule has 6 nitrogen and oxygen atoms in total. The van der Waals surface area contributed by atoms with Crippen LogP contribution in [0, 0.1) is 5.82 Å². The maximum Gasteiger partial charge on any atom is 0.225 e. The van der Waals surface area contributed by atoms with E-state index in [1.54, 1.807) is 26.4 Å². The van der Waals surface area contributed by atoms with Crippen molar-refractivity contribution in [2.24, 2.45) is 0 Å². The van der Waals surface area contributed by atoms with Gasteiger partial charge in [-0.3, -0.25) is 9.69 Å². The molecule has 1 aliphatic rings. The van der Waals surface area contributed by atoms with E-state index in [0.717, 1.165) is 49.8 Å². The van der Waals surface area contributed by atoms with Crippen molar-refractivity contribution in [2.45, 2.75) is 13.0 Å². The fourth-order valence-electron chi connectivity index (χ4n) is 3.48. The molecule has 0 atom stereocenters. The molecule has 2 aromatic rings. The molecule has 1 aliphatic heterocycles. The second kappa shape index (κ2) is 10.7. The van der Waals surface area contributed by atoms with E-state index in [1.165, 1.54) is 6.07 Å². The number of piperazine rings is 1. The predicted octanol–water partition coefficient (Wildman–Crippen LogP) is 3.75. The Bertz CT molecular complexity index is 873. The van der Waals surface area contributed by atoms with E-state index < -0.39 is 5.82 Å². The largest absolute Gasteiger partial charge is 0.497 e. The summed E-state index contributed by atoms with van der Waals surface area (Å²) in [5, 5.41) is 2.64. The molecular formula is C22H27BrFN3O3. The number of ether oxygens (including phenoxy) is 2. The molecule has 162 valence electrons. The van der Waals surface area contributed by atoms with Crippen LogP contribution in [0.25, 0.3) is 0 Å². The number of carbonyl (C=O) groups excluding carboxylic acids is 1. The van der Waals surface area contributed by atoms with E-state index in [1.807, 2.05) is 18.2 Å². The minimum atomic E-state index is -0.445. The van der Waals surface area contributed by atoms with Gasteiger partial charge in [0.2, 0.25) is 5.91 Å². The summed E-state index contributed by atoms with van der Waals surface area (Å²) in [6, 6.07) is 10.4. The lowest BCUT2D eigenvalue weighted by Gasteiger charge is -2.34. The zero-order valence-corrected chi connectivity index (χ0v) is 18.9. The molecule has 0 spiro atoms. The van der Waals surface area contributed by atoms with E-state index >= 15 is 0 Å². The quantitative estimate of drug-likeness (QED) is 0.624. The lowest BCUT2D eigenvalue weighted by molar-refractivity contribution is -0.116. The summed E-state index contributed by atoms with van der Waals surface area (Å²) in [5.41, 5.74) is 1.31. The van der Waals surface area contributed by atoms with Gasteiger partial charge in [-0.15, -0.1) is 0 Å². The van der Waals surface area contributed by atoms with E-state index in [4.69, 9.17) is 9.47 Å². The first-order valence-corrected chi connectivity index (χ1v) is 10.7. The molecule has 1 saturated heterocycles. The predicted molar refractivity (Wildman–Crippen MR) is 119 cm³/mol. The minimum Gasteiger partial charge on any atom is -0.497 e. The van der Waals surface area contributed by atoms with Gasteiger partial charge in [0, 0.05) is 55.7 Å². The monoisotopic (exact) mass is 479 g/mol. The van der Waals surface area contributed by atoms with Crippen LogP contribution in [0.2, 0.25) is 0 Å². The number of hydrogen-bond acceptors (Lipinski definition) is 5. The number of nitrogens with one attached hydrogen (secondary N) is 1. The highest BCUT2D eigenvalue weighted by molar-refractivity contribution is 9.10. The Morgan fingerprint density at radius 2 is 1.80 bits per heavy atom. The fraction of sp³-hybridized carbons (Fsp3) is 0.409. The molecule has 1 N–H and O–H groups in total. The van der Waals surface area contributed by atoms with Crippen molar-refractivity contribution in [2.75, 3.05) is 52.3 Å². The number of benzene rings is 2. The van der Waals surface area contributed by atoms with Crippen LogP contribution >= 0.6 is 15.9 Å². The minimum absolute atomic E-state index is 0.181. The summed E-state index contributed by atoms with van der Waals surface area (Å²) in [5.74, 6) is 1.05. The van der Waals surface area contributed by atoms with Gasteiger partial charge in [-0.05, 0) is 36.4 Å². The lowest BCUT2D eigenvalue weighted by Crippen LogP contribution is -2.46. The number of halogens is 2. The number of anilines is 1. The first kappa shape index (κ1) is 22.5. The first-order valence-electron chi connectivity index (χ1n) is 9.89. The highest BCUT2D eigenvalue weighted by Gasteiger charge is 2.19. The summed E-state index contributed by atoms with van der Waals surface area (Å²) in [6.45, 7) is 5.02. The summed E-state index contributed by atoms with van der Waals surface area (Å²) >= 11 is 3.21. The smallest absolute Gasteiger partial charge is 0.225 e. The average molecular weight is 480 g/mol. The number of nitrogens with zero attached hydrogens (tertiary/aromatic N) is 2. The molecule has 1 fully saturated rings. The Morgan fingerprint density at radius 3 is 2.47 bits per heavy atom. The van der Waals surface area contributed by atoms with Crippen molar-refractivity contribution in [1.82, 2.24) is 9.80 Å². The molecular weight excluding hydrogens is 453 g/mol. The van der Waals surface area contributed by atoms with Gasteiger partial charge in [-0.1, -0.05) is 15.9 Å². The van der Waals surface area contributed by atoms with E-state index in [0.29, 0.717) is 17.4 Å². The number of rotatable bonds is 8. The molecule has 1 amide bonds. The average Bonchev–Trinajstić information content (AvgIpc) is 2.75. The Labute approximate surface area is 185 Å². The van der Waals surface area contributed by atoms with E-state index in [-0.39, 0.29) is 11.6 Å². The molecule has 0 radical (unpaired) electrons. The van der Waals surface area contributed by atoms with Crippen molar-refractivity contribution in [1.29, 1.82) is 0 Å². The first-order chi connectivity index (χ1) is 14.5. The van der Waals surface area contributed by atoms with Gasteiger partial charge < -0.3 is 19.7 Å². The van der Waals surface area contributed by atoms with Crippen LogP contribution in [0.1, 0.15) is 12.0 Å². The Balaban J connectivity index is 1.44. The normalized spacial score (nSPS) is 15.1. The number of amides is 1. The summed E-state index contributed by atoms with van der Waals surface area (Å²) in [7, 11) is 3.33. The van der Waals surface area contributed by atoms with Crippen LogP contribution in [0.15, 0.2) is 40.9 Å². The van der Waals surface area contributed by atoms with Gasteiger partial charge >= 0.3 is 0 Å². The van der Waals surface area contributed by atoms with Crippen LogP contribution in [-0.4, -0.2) is 62.7 Å².